The molecule has 0 atom stereocenters. The van der Waals surface area contributed by atoms with E-state index in [1.807, 2.05) is 31.3 Å². The van der Waals surface area contributed by atoms with Gasteiger partial charge in [-0.15, -0.1) is 0 Å². The minimum Gasteiger partial charge on any atom is -0.369 e. The fourth-order valence-electron chi connectivity index (χ4n) is 1.79. The number of thioether (sulfide) groups is 1. The van der Waals surface area contributed by atoms with Gasteiger partial charge in [0.05, 0.1) is 12.4 Å². The molecule has 0 aliphatic carbocycles. The van der Waals surface area contributed by atoms with E-state index in [2.05, 4.69) is 10.00 Å². The van der Waals surface area contributed by atoms with E-state index < -0.39 is 0 Å². The summed E-state index contributed by atoms with van der Waals surface area (Å²) < 4.78 is 3.17. The van der Waals surface area contributed by atoms with Gasteiger partial charge in [0.2, 0.25) is 5.91 Å². The molecule has 0 saturated heterocycles. The van der Waals surface area contributed by atoms with Crippen molar-refractivity contribution in [1.29, 1.82) is 0 Å². The highest BCUT2D eigenvalue weighted by molar-refractivity contribution is 8.01. The van der Waals surface area contributed by atoms with Crippen LogP contribution in [0.25, 0.3) is 0 Å². The second-order valence-electron chi connectivity index (χ2n) is 4.67. The third-order valence-electron chi connectivity index (χ3n) is 2.64. The van der Waals surface area contributed by atoms with Crippen LogP contribution in [0.3, 0.4) is 0 Å². The van der Waals surface area contributed by atoms with Crippen LogP contribution in [0.2, 0.25) is 5.02 Å². The second kappa shape index (κ2) is 8.07. The zero-order chi connectivity index (χ0) is 16.1. The van der Waals surface area contributed by atoms with Gasteiger partial charge in [-0.3, -0.25) is 9.69 Å². The van der Waals surface area contributed by atoms with Crippen LogP contribution in [0.4, 0.5) is 0 Å². The van der Waals surface area contributed by atoms with Gasteiger partial charge >= 0.3 is 0 Å². The summed E-state index contributed by atoms with van der Waals surface area (Å²) in [6, 6.07) is 7.74. The third kappa shape index (κ3) is 5.36. The van der Waals surface area contributed by atoms with E-state index in [1.54, 1.807) is 4.68 Å². The number of benzene rings is 1. The Labute approximate surface area is 147 Å². The van der Waals surface area contributed by atoms with Crippen LogP contribution >= 0.6 is 46.9 Å². The van der Waals surface area contributed by atoms with Crippen molar-refractivity contribution >= 4 is 52.8 Å². The Balaban J connectivity index is 1.98. The number of nitrogens with zero attached hydrogens (tertiary/aromatic N) is 3. The molecule has 1 aromatic heterocycles. The molecular weight excluding hydrogens is 360 g/mol. The van der Waals surface area contributed by atoms with Crippen LogP contribution in [0, 0.1) is 3.95 Å². The zero-order valence-corrected chi connectivity index (χ0v) is 15.1. The monoisotopic (exact) mass is 374 g/mol. The number of primary amides is 1. The predicted molar refractivity (Wildman–Crippen MR) is 93.8 cm³/mol. The fourth-order valence-corrected chi connectivity index (χ4v) is 4.06. The number of hydrogen-bond acceptors (Lipinski definition) is 6. The van der Waals surface area contributed by atoms with Gasteiger partial charge in [-0.05, 0) is 37.0 Å². The number of aromatic nitrogens is 2. The molecule has 118 valence electrons. The first-order valence-electron chi connectivity index (χ1n) is 6.36. The SMILES string of the molecule is CN(Cc1cccc(Cl)c1)Cn1nc(SCC(N)=O)sc1=S. The van der Waals surface area contributed by atoms with Gasteiger partial charge in [0.25, 0.3) is 0 Å². The maximum Gasteiger partial charge on any atom is 0.227 e. The topological polar surface area (TPSA) is 64.2 Å². The van der Waals surface area contributed by atoms with Gasteiger partial charge in [0, 0.05) is 11.6 Å². The largest absolute Gasteiger partial charge is 0.369 e. The third-order valence-corrected chi connectivity index (χ3v) is 5.34. The number of carbonyl (C=O) groups excluding carboxylic acids is 1. The van der Waals surface area contributed by atoms with Gasteiger partial charge in [-0.1, -0.05) is 46.8 Å². The number of halogens is 1. The Bertz CT molecular complexity index is 715. The Kier molecular flexibility index (Phi) is 6.39. The van der Waals surface area contributed by atoms with Crippen molar-refractivity contribution in [1.82, 2.24) is 14.7 Å². The van der Waals surface area contributed by atoms with Crippen molar-refractivity contribution in [2.24, 2.45) is 5.73 Å². The van der Waals surface area contributed by atoms with E-state index >= 15 is 0 Å². The van der Waals surface area contributed by atoms with Crippen LogP contribution in [-0.4, -0.2) is 33.4 Å². The van der Waals surface area contributed by atoms with E-state index in [9.17, 15) is 4.79 Å². The van der Waals surface area contributed by atoms with Crippen LogP contribution in [-0.2, 0) is 18.0 Å². The maximum absolute atomic E-state index is 10.8. The normalized spacial score (nSPS) is 11.0. The molecule has 0 unspecified atom stereocenters. The van der Waals surface area contributed by atoms with Crippen LogP contribution < -0.4 is 5.73 Å². The second-order valence-corrected chi connectivity index (χ2v) is 7.96. The van der Waals surface area contributed by atoms with Crippen molar-refractivity contribution in [2.45, 2.75) is 17.6 Å². The molecule has 0 bridgehead atoms. The van der Waals surface area contributed by atoms with Gasteiger partial charge < -0.3 is 5.73 Å². The molecule has 9 heteroatoms. The first kappa shape index (κ1) is 17.4. The van der Waals surface area contributed by atoms with E-state index in [1.165, 1.54) is 23.1 Å². The number of amides is 1. The Morgan fingerprint density at radius 3 is 3.05 bits per heavy atom. The number of nitrogens with two attached hydrogens (primary N) is 1. The van der Waals surface area contributed by atoms with Gasteiger partial charge in [-0.25, -0.2) is 4.68 Å². The molecule has 0 aliphatic heterocycles. The summed E-state index contributed by atoms with van der Waals surface area (Å²) in [4.78, 5) is 12.9. The van der Waals surface area contributed by atoms with Crippen LogP contribution in [0.5, 0.6) is 0 Å². The van der Waals surface area contributed by atoms with Crippen molar-refractivity contribution in [3.63, 3.8) is 0 Å². The van der Waals surface area contributed by atoms with Crippen molar-refractivity contribution < 1.29 is 4.79 Å². The minimum absolute atomic E-state index is 0.209. The van der Waals surface area contributed by atoms with Gasteiger partial charge in [-0.2, -0.15) is 5.10 Å². The van der Waals surface area contributed by atoms with Crippen LogP contribution in [0.15, 0.2) is 28.6 Å². The van der Waals surface area contributed by atoms with Crippen molar-refractivity contribution in [3.8, 4) is 0 Å². The Morgan fingerprint density at radius 2 is 2.36 bits per heavy atom. The van der Waals surface area contributed by atoms with E-state index in [0.29, 0.717) is 10.6 Å². The molecule has 5 nitrogen and oxygen atoms in total. The molecule has 0 aliphatic rings. The molecule has 0 radical (unpaired) electrons. The highest BCUT2D eigenvalue weighted by Gasteiger charge is 2.08. The molecule has 2 N–H and O–H groups in total. The quantitative estimate of drug-likeness (QED) is 0.596. The molecule has 0 fully saturated rings. The standard InChI is InChI=1S/C13H15ClN4OS3/c1-17(6-9-3-2-4-10(14)5-9)8-18-13(20)22-12(16-18)21-7-11(15)19/h2-5H,6-8H2,1H3,(H2,15,19). The molecule has 22 heavy (non-hydrogen) atoms. The number of hydrogen-bond donors (Lipinski definition) is 1. The Morgan fingerprint density at radius 1 is 1.59 bits per heavy atom. The lowest BCUT2D eigenvalue weighted by Gasteiger charge is -2.16. The Hall–Kier alpha value is -0.930. The minimum atomic E-state index is -0.365. The number of rotatable bonds is 7. The summed E-state index contributed by atoms with van der Waals surface area (Å²) in [6.07, 6.45) is 0. The summed E-state index contributed by atoms with van der Waals surface area (Å²) in [5.74, 6) is -0.156. The van der Waals surface area contributed by atoms with E-state index in [0.717, 1.165) is 21.5 Å². The lowest BCUT2D eigenvalue weighted by molar-refractivity contribution is -0.115. The molecule has 2 aromatic rings. The molecule has 0 spiro atoms. The number of carbonyl (C=O) groups is 1. The van der Waals surface area contributed by atoms with E-state index in [-0.39, 0.29) is 11.7 Å². The maximum atomic E-state index is 10.8. The lowest BCUT2D eigenvalue weighted by Crippen LogP contribution is -2.22. The average molecular weight is 375 g/mol. The molecule has 1 aromatic carbocycles. The summed E-state index contributed by atoms with van der Waals surface area (Å²) in [5.41, 5.74) is 6.25. The van der Waals surface area contributed by atoms with Gasteiger partial charge in [0.15, 0.2) is 8.29 Å². The predicted octanol–water partition coefficient (Wildman–Crippen LogP) is 2.99. The van der Waals surface area contributed by atoms with Crippen molar-refractivity contribution in [3.05, 3.63) is 38.8 Å². The summed E-state index contributed by atoms with van der Waals surface area (Å²) in [7, 11) is 1.98. The van der Waals surface area contributed by atoms with Crippen LogP contribution in [0.1, 0.15) is 5.56 Å². The smallest absolute Gasteiger partial charge is 0.227 e. The first-order chi connectivity index (χ1) is 10.4. The molecule has 1 heterocycles. The van der Waals surface area contributed by atoms with Crippen molar-refractivity contribution in [2.75, 3.05) is 12.8 Å². The molecule has 1 amide bonds. The molecular formula is C13H15ClN4OS3. The lowest BCUT2D eigenvalue weighted by atomic mass is 10.2. The first-order valence-corrected chi connectivity index (χ1v) is 8.95. The summed E-state index contributed by atoms with van der Waals surface area (Å²) in [5, 5.41) is 5.12. The molecule has 0 saturated carbocycles. The zero-order valence-electron chi connectivity index (χ0n) is 11.9. The summed E-state index contributed by atoms with van der Waals surface area (Å²) in [6.45, 7) is 1.31. The van der Waals surface area contributed by atoms with E-state index in [4.69, 9.17) is 29.6 Å². The highest BCUT2D eigenvalue weighted by atomic mass is 35.5. The summed E-state index contributed by atoms with van der Waals surface area (Å²) >= 11 is 14.0. The van der Waals surface area contributed by atoms with Gasteiger partial charge in [0.1, 0.15) is 0 Å². The fraction of sp³-hybridized carbons (Fsp3) is 0.308. The molecule has 2 rings (SSSR count). The average Bonchev–Trinajstić information content (AvgIpc) is 2.77. The highest BCUT2D eigenvalue weighted by Crippen LogP contribution is 2.22.